The number of rotatable bonds is 3. The van der Waals surface area contributed by atoms with E-state index in [0.29, 0.717) is 49.5 Å². The van der Waals surface area contributed by atoms with E-state index in [1.807, 2.05) is 4.57 Å². The van der Waals surface area contributed by atoms with Crippen LogP contribution in [0.3, 0.4) is 0 Å². The van der Waals surface area contributed by atoms with Crippen LogP contribution in [0.2, 0.25) is 5.02 Å². The molecule has 0 radical (unpaired) electrons. The number of ketones is 2. The Labute approximate surface area is 214 Å². The molecule has 0 fully saturated rings. The first kappa shape index (κ1) is 24.0. The smallest absolute Gasteiger partial charge is 0.420 e. The third-order valence-electron chi connectivity index (χ3n) is 7.31. The molecule has 2 aromatic heterocycles. The van der Waals surface area contributed by atoms with E-state index in [9.17, 15) is 22.8 Å². The van der Waals surface area contributed by atoms with Crippen LogP contribution < -0.4 is 9.47 Å². The Morgan fingerprint density at radius 2 is 1.49 bits per heavy atom. The lowest BCUT2D eigenvalue weighted by Gasteiger charge is -2.25. The van der Waals surface area contributed by atoms with Gasteiger partial charge in [0, 0.05) is 25.9 Å². The fourth-order valence-electron chi connectivity index (χ4n) is 5.76. The number of alkyl halides is 3. The molecule has 0 saturated heterocycles. The highest BCUT2D eigenvalue weighted by Gasteiger charge is 2.51. The van der Waals surface area contributed by atoms with Gasteiger partial charge in [-0.1, -0.05) is 11.6 Å². The molecule has 12 heteroatoms. The standard InChI is InChI=1S/C25H22ClF3N4O4/c1-36-23-14(16(26)24(37-2)20-18(23)31-12-8-4-6-10-33(12)20)13-15(25(27,28)29)22(35)19-17(21(13)34)30-11-7-3-5-9-32(11)19/h3-10H2,1-2H3. The molecule has 0 spiro atoms. The zero-order chi connectivity index (χ0) is 26.2. The van der Waals surface area contributed by atoms with Crippen LogP contribution in [0.5, 0.6) is 11.5 Å². The summed E-state index contributed by atoms with van der Waals surface area (Å²) in [4.78, 5) is 36.3. The largest absolute Gasteiger partial charge is 0.494 e. The number of methoxy groups -OCH3 is 2. The second-order valence-corrected chi connectivity index (χ2v) is 9.71. The van der Waals surface area contributed by atoms with Crippen molar-refractivity contribution in [1.82, 2.24) is 19.1 Å². The lowest BCUT2D eigenvalue weighted by Crippen LogP contribution is -2.32. The van der Waals surface area contributed by atoms with Crippen molar-refractivity contribution in [1.29, 1.82) is 0 Å². The molecule has 194 valence electrons. The van der Waals surface area contributed by atoms with Gasteiger partial charge in [0.1, 0.15) is 39.6 Å². The molecule has 2 aliphatic heterocycles. The normalized spacial score (nSPS) is 17.7. The van der Waals surface area contributed by atoms with E-state index < -0.39 is 28.9 Å². The highest BCUT2D eigenvalue weighted by molar-refractivity contribution is 6.45. The molecular formula is C25H22ClF3N4O4. The average Bonchev–Trinajstić information content (AvgIpc) is 3.44. The number of ether oxygens (including phenoxy) is 2. The van der Waals surface area contributed by atoms with E-state index in [2.05, 4.69) is 9.97 Å². The maximum Gasteiger partial charge on any atom is 0.420 e. The predicted octanol–water partition coefficient (Wildman–Crippen LogP) is 4.97. The number of halogens is 4. The number of carbonyl (C=O) groups excluding carboxylic acids is 2. The van der Waals surface area contributed by atoms with Gasteiger partial charge in [0.2, 0.25) is 11.6 Å². The van der Waals surface area contributed by atoms with Gasteiger partial charge in [0.15, 0.2) is 11.5 Å². The van der Waals surface area contributed by atoms with E-state index in [1.54, 1.807) is 0 Å². The topological polar surface area (TPSA) is 88.2 Å². The summed E-state index contributed by atoms with van der Waals surface area (Å²) in [6, 6.07) is 0. The molecule has 0 saturated carbocycles. The Morgan fingerprint density at radius 3 is 2.11 bits per heavy atom. The Hall–Kier alpha value is -3.34. The van der Waals surface area contributed by atoms with Crippen LogP contribution in [0, 0.1) is 0 Å². The molecule has 1 aliphatic carbocycles. The van der Waals surface area contributed by atoms with Crippen molar-refractivity contribution in [3.05, 3.63) is 39.2 Å². The van der Waals surface area contributed by atoms with Crippen LogP contribution >= 0.6 is 11.6 Å². The highest BCUT2D eigenvalue weighted by atomic mass is 35.5. The lowest BCUT2D eigenvalue weighted by molar-refractivity contribution is -0.0883. The zero-order valence-corrected chi connectivity index (χ0v) is 20.8. The van der Waals surface area contributed by atoms with Gasteiger partial charge in [-0.25, -0.2) is 9.97 Å². The fourth-order valence-corrected chi connectivity index (χ4v) is 6.11. The molecular weight excluding hydrogens is 513 g/mol. The molecule has 0 bridgehead atoms. The van der Waals surface area contributed by atoms with Crippen LogP contribution in [0.1, 0.15) is 63.9 Å². The van der Waals surface area contributed by atoms with Gasteiger partial charge in [-0.15, -0.1) is 0 Å². The number of carbonyl (C=O) groups is 2. The lowest BCUT2D eigenvalue weighted by atomic mass is 9.84. The second kappa shape index (κ2) is 8.34. The Balaban J connectivity index is 1.71. The Morgan fingerprint density at radius 1 is 0.865 bits per heavy atom. The third kappa shape index (κ3) is 3.29. The molecule has 6 rings (SSSR count). The molecule has 0 N–H and O–H groups in total. The van der Waals surface area contributed by atoms with Gasteiger partial charge >= 0.3 is 6.18 Å². The van der Waals surface area contributed by atoms with Gasteiger partial charge < -0.3 is 18.6 Å². The number of hydrogen-bond donors (Lipinski definition) is 0. The number of aryl methyl sites for hydroxylation is 3. The maximum absolute atomic E-state index is 14.6. The first-order chi connectivity index (χ1) is 17.7. The van der Waals surface area contributed by atoms with Crippen LogP contribution in [0.4, 0.5) is 13.2 Å². The third-order valence-corrected chi connectivity index (χ3v) is 7.67. The summed E-state index contributed by atoms with van der Waals surface area (Å²) in [6.45, 7) is 0.944. The maximum atomic E-state index is 14.6. The first-order valence-electron chi connectivity index (χ1n) is 12.0. The zero-order valence-electron chi connectivity index (χ0n) is 20.1. The fraction of sp³-hybridized carbons (Fsp3) is 0.440. The quantitative estimate of drug-likeness (QED) is 0.471. The monoisotopic (exact) mass is 534 g/mol. The van der Waals surface area contributed by atoms with Crippen molar-refractivity contribution in [3.63, 3.8) is 0 Å². The van der Waals surface area contributed by atoms with E-state index >= 15 is 0 Å². The van der Waals surface area contributed by atoms with Gasteiger partial charge in [-0.3, -0.25) is 9.59 Å². The van der Waals surface area contributed by atoms with Crippen molar-refractivity contribution in [2.45, 2.75) is 57.8 Å². The summed E-state index contributed by atoms with van der Waals surface area (Å²) in [6.07, 6.45) is -0.800. The summed E-state index contributed by atoms with van der Waals surface area (Å²) in [5.41, 5.74) is -2.78. The predicted molar refractivity (Wildman–Crippen MR) is 128 cm³/mol. The van der Waals surface area contributed by atoms with Crippen LogP contribution in [-0.4, -0.2) is 51.1 Å². The number of aromatic nitrogens is 4. The van der Waals surface area contributed by atoms with E-state index in [4.69, 9.17) is 21.1 Å². The van der Waals surface area contributed by atoms with Gasteiger partial charge in [0.05, 0.1) is 30.4 Å². The highest BCUT2D eigenvalue weighted by Crippen LogP contribution is 2.51. The average molecular weight is 535 g/mol. The van der Waals surface area contributed by atoms with E-state index in [1.165, 1.54) is 18.8 Å². The van der Waals surface area contributed by atoms with Crippen molar-refractivity contribution in [2.24, 2.45) is 0 Å². The van der Waals surface area contributed by atoms with E-state index in [0.717, 1.165) is 19.3 Å². The number of hydrogen-bond acceptors (Lipinski definition) is 6. The number of imidazole rings is 2. The van der Waals surface area contributed by atoms with Crippen molar-refractivity contribution in [2.75, 3.05) is 14.2 Å². The van der Waals surface area contributed by atoms with Gasteiger partial charge in [-0.2, -0.15) is 13.2 Å². The summed E-state index contributed by atoms with van der Waals surface area (Å²) in [5, 5.41) is -0.259. The van der Waals surface area contributed by atoms with Crippen LogP contribution in [0.25, 0.3) is 16.6 Å². The first-order valence-corrected chi connectivity index (χ1v) is 12.4. The van der Waals surface area contributed by atoms with Gasteiger partial charge in [-0.05, 0) is 25.7 Å². The number of benzene rings is 1. The molecule has 3 aliphatic rings. The van der Waals surface area contributed by atoms with Crippen molar-refractivity contribution in [3.8, 4) is 11.5 Å². The SMILES string of the molecule is COc1c(C2=C(C(F)(F)F)C(=O)c3c(nc4n3CCCC4)C2=O)c(Cl)c(OC)c2c1nc1n2CCCC1. The minimum atomic E-state index is -5.15. The molecule has 0 unspecified atom stereocenters. The summed E-state index contributed by atoms with van der Waals surface area (Å²) < 4.78 is 58.2. The molecule has 3 aromatic rings. The number of Topliss-reactive ketones (excluding diaryl/α,β-unsaturated/α-hetero) is 2. The molecule has 8 nitrogen and oxygen atoms in total. The molecule has 4 heterocycles. The number of allylic oxidation sites excluding steroid dienone is 2. The van der Waals surface area contributed by atoms with Crippen molar-refractivity contribution < 1.29 is 32.2 Å². The summed E-state index contributed by atoms with van der Waals surface area (Å²) in [5.74, 6) is -1.25. The Kier molecular flexibility index (Phi) is 5.41. The van der Waals surface area contributed by atoms with Gasteiger partial charge in [0.25, 0.3) is 0 Å². The molecule has 37 heavy (non-hydrogen) atoms. The minimum Gasteiger partial charge on any atom is -0.494 e. The number of nitrogens with zero attached hydrogens (tertiary/aromatic N) is 4. The van der Waals surface area contributed by atoms with E-state index in [-0.39, 0.29) is 39.0 Å². The molecule has 0 atom stereocenters. The van der Waals surface area contributed by atoms with Crippen LogP contribution in [0.15, 0.2) is 5.57 Å². The second-order valence-electron chi connectivity index (χ2n) is 9.33. The molecule has 0 amide bonds. The molecule has 1 aromatic carbocycles. The summed E-state index contributed by atoms with van der Waals surface area (Å²) in [7, 11) is 2.61. The van der Waals surface area contributed by atoms with Crippen LogP contribution in [-0.2, 0) is 25.9 Å². The number of fused-ring (bicyclic) bond motifs is 6. The summed E-state index contributed by atoms with van der Waals surface area (Å²) >= 11 is 6.72. The Bertz CT molecular complexity index is 1550. The minimum absolute atomic E-state index is 0.0670. The van der Waals surface area contributed by atoms with Crippen molar-refractivity contribution >= 4 is 39.8 Å².